The number of aliphatic imine (C=N–C) groups is 1. The Hall–Kier alpha value is -3.20. The zero-order chi connectivity index (χ0) is 18.5. The van der Waals surface area contributed by atoms with Crippen LogP contribution in [0, 0.1) is 5.92 Å². The second-order valence-electron chi connectivity index (χ2n) is 7.54. The average Bonchev–Trinajstić information content (AvgIpc) is 3.16. The van der Waals surface area contributed by atoms with E-state index < -0.39 is 0 Å². The van der Waals surface area contributed by atoms with Gasteiger partial charge in [-0.3, -0.25) is 4.79 Å². The van der Waals surface area contributed by atoms with Gasteiger partial charge in [0.1, 0.15) is 11.5 Å². The van der Waals surface area contributed by atoms with Gasteiger partial charge in [-0.25, -0.2) is 4.99 Å². The third-order valence-electron chi connectivity index (χ3n) is 5.09. The smallest absolute Gasteiger partial charge is 0.270 e. The van der Waals surface area contributed by atoms with Gasteiger partial charge in [-0.1, -0.05) is 44.2 Å². The Kier molecular flexibility index (Phi) is 3.51. The fourth-order valence-electron chi connectivity index (χ4n) is 3.99. The fourth-order valence-corrected chi connectivity index (χ4v) is 3.99. The van der Waals surface area contributed by atoms with Gasteiger partial charge in [-0.05, 0) is 47.7 Å². The van der Waals surface area contributed by atoms with E-state index in [2.05, 4.69) is 37.0 Å². The Morgan fingerprint density at radius 1 is 0.963 bits per heavy atom. The van der Waals surface area contributed by atoms with Gasteiger partial charge in [0.15, 0.2) is 0 Å². The molecule has 132 valence electrons. The summed E-state index contributed by atoms with van der Waals surface area (Å²) in [5.41, 5.74) is 5.11. The van der Waals surface area contributed by atoms with Crippen molar-refractivity contribution in [1.29, 1.82) is 0 Å². The van der Waals surface area contributed by atoms with Crippen LogP contribution in [0.4, 0.5) is 0 Å². The normalized spacial score (nSPS) is 14.6. The molecule has 0 aromatic heterocycles. The van der Waals surface area contributed by atoms with Crippen molar-refractivity contribution in [1.82, 2.24) is 0 Å². The van der Waals surface area contributed by atoms with Crippen LogP contribution in [0.5, 0.6) is 11.5 Å². The first-order chi connectivity index (χ1) is 13.1. The molecule has 3 heteroatoms. The Bertz CT molecular complexity index is 1120. The van der Waals surface area contributed by atoms with Crippen molar-refractivity contribution in [3.63, 3.8) is 0 Å². The van der Waals surface area contributed by atoms with Crippen molar-refractivity contribution in [2.24, 2.45) is 10.9 Å². The molecule has 0 unspecified atom stereocenters. The highest BCUT2D eigenvalue weighted by Gasteiger charge is 2.30. The number of fused-ring (bicyclic) bond motifs is 3. The molecule has 0 fully saturated rings. The lowest BCUT2D eigenvalue weighted by Crippen LogP contribution is -1.94. The first kappa shape index (κ1) is 16.0. The summed E-state index contributed by atoms with van der Waals surface area (Å²) < 4.78 is 6.21. The maximum Gasteiger partial charge on any atom is 0.270 e. The molecule has 0 N–H and O–H groups in total. The van der Waals surface area contributed by atoms with Crippen LogP contribution >= 0.6 is 0 Å². The number of hydrogen-bond donors (Lipinski definition) is 0. The summed E-state index contributed by atoms with van der Waals surface area (Å²) in [5, 5.41) is 2.16. The molecule has 0 bridgehead atoms. The molecule has 1 aliphatic heterocycles. The number of benzene rings is 3. The summed E-state index contributed by atoms with van der Waals surface area (Å²) in [6.45, 7) is 4.44. The molecule has 0 saturated carbocycles. The van der Waals surface area contributed by atoms with Crippen molar-refractivity contribution < 1.29 is 9.53 Å². The summed E-state index contributed by atoms with van der Waals surface area (Å²) >= 11 is 0. The maximum absolute atomic E-state index is 11.7. The standard InChI is InChI=1S/C24H19NO2/c1-14(2)12-15-6-8-16(9-7-15)27-21-11-10-17-20-13-22(26)25-24(20)19-5-3-4-18(21)23(17)19/h3-11,13-14H,12H2,1-2H3. The van der Waals surface area contributed by atoms with Crippen LogP contribution in [0.3, 0.4) is 0 Å². The van der Waals surface area contributed by atoms with Crippen molar-refractivity contribution in [2.45, 2.75) is 20.3 Å². The van der Waals surface area contributed by atoms with Gasteiger partial charge in [-0.2, -0.15) is 0 Å². The van der Waals surface area contributed by atoms with Crippen LogP contribution in [-0.4, -0.2) is 11.6 Å². The molecule has 5 rings (SSSR count). The third kappa shape index (κ3) is 2.58. The molecule has 3 nitrogen and oxygen atoms in total. The summed E-state index contributed by atoms with van der Waals surface area (Å²) in [4.78, 5) is 15.9. The Morgan fingerprint density at radius 3 is 2.56 bits per heavy atom. The van der Waals surface area contributed by atoms with Crippen molar-refractivity contribution in [3.8, 4) is 11.5 Å². The van der Waals surface area contributed by atoms with E-state index in [1.165, 1.54) is 5.56 Å². The van der Waals surface area contributed by atoms with Crippen LogP contribution in [0.15, 0.2) is 65.7 Å². The minimum atomic E-state index is -0.176. The van der Waals surface area contributed by atoms with Crippen LogP contribution in [0.1, 0.15) is 30.5 Å². The zero-order valence-corrected chi connectivity index (χ0v) is 15.3. The van der Waals surface area contributed by atoms with E-state index in [1.807, 2.05) is 36.4 Å². The van der Waals surface area contributed by atoms with E-state index in [-0.39, 0.29) is 5.91 Å². The van der Waals surface area contributed by atoms with E-state index in [4.69, 9.17) is 4.74 Å². The summed E-state index contributed by atoms with van der Waals surface area (Å²) in [7, 11) is 0. The first-order valence-corrected chi connectivity index (χ1v) is 9.28. The molecule has 0 atom stereocenters. The third-order valence-corrected chi connectivity index (χ3v) is 5.09. The predicted molar refractivity (Wildman–Crippen MR) is 109 cm³/mol. The Balaban J connectivity index is 1.55. The molecule has 1 amide bonds. The van der Waals surface area contributed by atoms with Gasteiger partial charge in [0.2, 0.25) is 0 Å². The number of carbonyl (C=O) groups excluding carboxylic acids is 1. The van der Waals surface area contributed by atoms with Gasteiger partial charge >= 0.3 is 0 Å². The minimum absolute atomic E-state index is 0.176. The molecule has 0 spiro atoms. The Labute approximate surface area is 158 Å². The second-order valence-corrected chi connectivity index (χ2v) is 7.54. The van der Waals surface area contributed by atoms with Gasteiger partial charge < -0.3 is 4.74 Å². The summed E-state index contributed by atoms with van der Waals surface area (Å²) in [6, 6.07) is 18.4. The van der Waals surface area contributed by atoms with Gasteiger partial charge in [0, 0.05) is 28.0 Å². The SMILES string of the molecule is CC(C)Cc1ccc(Oc2ccc3c4c(cccc24)C2=NC(=O)C=C23)cc1. The lowest BCUT2D eigenvalue weighted by molar-refractivity contribution is -0.113. The second kappa shape index (κ2) is 5.92. The average molecular weight is 353 g/mol. The van der Waals surface area contributed by atoms with Crippen LogP contribution < -0.4 is 4.74 Å². The summed E-state index contributed by atoms with van der Waals surface area (Å²) in [6.07, 6.45) is 2.69. The number of nitrogens with zero attached hydrogens (tertiary/aromatic N) is 1. The van der Waals surface area contributed by atoms with E-state index in [9.17, 15) is 4.79 Å². The minimum Gasteiger partial charge on any atom is -0.457 e. The molecule has 0 radical (unpaired) electrons. The molecule has 1 aliphatic carbocycles. The molecular weight excluding hydrogens is 334 g/mol. The predicted octanol–water partition coefficient (Wildman–Crippen LogP) is 5.56. The number of carbonyl (C=O) groups is 1. The molecular formula is C24H19NO2. The van der Waals surface area contributed by atoms with Gasteiger partial charge in [0.25, 0.3) is 5.91 Å². The number of amides is 1. The van der Waals surface area contributed by atoms with Crippen LogP contribution in [-0.2, 0) is 11.2 Å². The monoisotopic (exact) mass is 353 g/mol. The quantitative estimate of drug-likeness (QED) is 0.616. The van der Waals surface area contributed by atoms with Crippen molar-refractivity contribution in [3.05, 3.63) is 77.4 Å². The fraction of sp³-hybridized carbons (Fsp3) is 0.167. The molecule has 0 saturated heterocycles. The Morgan fingerprint density at radius 2 is 1.78 bits per heavy atom. The number of hydrogen-bond acceptors (Lipinski definition) is 2. The summed E-state index contributed by atoms with van der Waals surface area (Å²) in [5.74, 6) is 2.11. The highest BCUT2D eigenvalue weighted by atomic mass is 16.5. The topological polar surface area (TPSA) is 38.7 Å². The number of ether oxygens (including phenoxy) is 1. The van der Waals surface area contributed by atoms with Crippen molar-refractivity contribution >= 4 is 28.0 Å². The van der Waals surface area contributed by atoms with E-state index in [0.717, 1.165) is 51.1 Å². The maximum atomic E-state index is 11.7. The number of rotatable bonds is 4. The van der Waals surface area contributed by atoms with Crippen LogP contribution in [0.25, 0.3) is 16.3 Å². The molecule has 1 heterocycles. The zero-order valence-electron chi connectivity index (χ0n) is 15.3. The molecule has 3 aromatic rings. The number of allylic oxidation sites excluding steroid dienone is 1. The van der Waals surface area contributed by atoms with E-state index >= 15 is 0 Å². The molecule has 2 aliphatic rings. The lowest BCUT2D eigenvalue weighted by atomic mass is 10.0. The van der Waals surface area contributed by atoms with E-state index in [0.29, 0.717) is 5.92 Å². The van der Waals surface area contributed by atoms with Gasteiger partial charge in [0.05, 0.1) is 5.71 Å². The lowest BCUT2D eigenvalue weighted by Gasteiger charge is -2.11. The highest BCUT2D eigenvalue weighted by molar-refractivity contribution is 6.48. The highest BCUT2D eigenvalue weighted by Crippen LogP contribution is 2.44. The van der Waals surface area contributed by atoms with Crippen molar-refractivity contribution in [2.75, 3.05) is 0 Å². The van der Waals surface area contributed by atoms with E-state index in [1.54, 1.807) is 6.08 Å². The largest absolute Gasteiger partial charge is 0.457 e. The van der Waals surface area contributed by atoms with Gasteiger partial charge in [-0.15, -0.1) is 0 Å². The van der Waals surface area contributed by atoms with Crippen LogP contribution in [0.2, 0.25) is 0 Å². The molecule has 3 aromatic carbocycles. The first-order valence-electron chi connectivity index (χ1n) is 9.28. The molecule has 27 heavy (non-hydrogen) atoms.